The first-order valence-electron chi connectivity index (χ1n) is 9.18. The Morgan fingerprint density at radius 2 is 2.00 bits per heavy atom. The van der Waals surface area contributed by atoms with E-state index in [0.717, 1.165) is 31.1 Å². The maximum Gasteiger partial charge on any atom is 0.211 e. The second-order valence-electron chi connectivity index (χ2n) is 7.72. The molecule has 0 radical (unpaired) electrons. The van der Waals surface area contributed by atoms with Gasteiger partial charge in [0.15, 0.2) is 0 Å². The first-order valence-corrected chi connectivity index (χ1v) is 9.18. The van der Waals surface area contributed by atoms with E-state index in [-0.39, 0.29) is 18.1 Å². The Morgan fingerprint density at radius 3 is 2.70 bits per heavy atom. The molecule has 1 aromatic heterocycles. The van der Waals surface area contributed by atoms with Gasteiger partial charge >= 0.3 is 0 Å². The lowest BCUT2D eigenvalue weighted by molar-refractivity contribution is -0.150. The fraction of sp³-hybridized carbons (Fsp3) is 0.833. The molecule has 3 fully saturated rings. The minimum Gasteiger partial charge on any atom is -0.447 e. The molecule has 0 amide bonds. The van der Waals surface area contributed by atoms with Crippen LogP contribution in [0.4, 0.5) is 0 Å². The van der Waals surface area contributed by atoms with Crippen molar-refractivity contribution >= 4 is 0 Å². The van der Waals surface area contributed by atoms with E-state index in [1.807, 2.05) is 6.26 Å². The van der Waals surface area contributed by atoms with Crippen LogP contribution in [-0.2, 0) is 4.74 Å². The summed E-state index contributed by atoms with van der Waals surface area (Å²) in [5.74, 6) is 1.48. The number of ether oxygens (including phenoxy) is 1. The summed E-state index contributed by atoms with van der Waals surface area (Å²) in [7, 11) is 0. The summed E-state index contributed by atoms with van der Waals surface area (Å²) < 4.78 is 11.2. The van der Waals surface area contributed by atoms with Crippen LogP contribution in [0.1, 0.15) is 68.5 Å². The Balaban J connectivity index is 1.45. The smallest absolute Gasteiger partial charge is 0.211 e. The zero-order valence-corrected chi connectivity index (χ0v) is 13.9. The Labute approximate surface area is 138 Å². The van der Waals surface area contributed by atoms with Gasteiger partial charge in [-0.25, -0.2) is 4.98 Å². The normalized spacial score (nSPS) is 28.8. The summed E-state index contributed by atoms with van der Waals surface area (Å²) in [6.45, 7) is 3.50. The lowest BCUT2D eigenvalue weighted by Gasteiger charge is -2.43. The van der Waals surface area contributed by atoms with Crippen molar-refractivity contribution in [2.45, 2.75) is 56.9 Å². The van der Waals surface area contributed by atoms with Crippen molar-refractivity contribution < 1.29 is 14.3 Å². The lowest BCUT2D eigenvalue weighted by Crippen LogP contribution is -2.53. The fourth-order valence-electron chi connectivity index (χ4n) is 4.39. The topological polar surface area (TPSA) is 58.7 Å². The van der Waals surface area contributed by atoms with E-state index in [1.54, 1.807) is 0 Å². The molecular formula is C18H28N2O3. The van der Waals surface area contributed by atoms with Gasteiger partial charge in [0.25, 0.3) is 0 Å². The minimum atomic E-state index is -0.0681. The number of likely N-dealkylation sites (tertiary alicyclic amines) is 1. The number of hydrogen-bond donors (Lipinski definition) is 1. The van der Waals surface area contributed by atoms with Gasteiger partial charge in [0.2, 0.25) is 5.89 Å². The third kappa shape index (κ3) is 3.06. The highest BCUT2D eigenvalue weighted by molar-refractivity contribution is 5.08. The van der Waals surface area contributed by atoms with Crippen LogP contribution < -0.4 is 0 Å². The highest BCUT2D eigenvalue weighted by atomic mass is 16.5. The molecule has 1 N–H and O–H groups in total. The van der Waals surface area contributed by atoms with E-state index in [9.17, 15) is 5.11 Å². The summed E-state index contributed by atoms with van der Waals surface area (Å²) in [4.78, 5) is 7.30. The predicted molar refractivity (Wildman–Crippen MR) is 86.2 cm³/mol. The van der Waals surface area contributed by atoms with Crippen molar-refractivity contribution in [1.29, 1.82) is 0 Å². The zero-order valence-electron chi connectivity index (χ0n) is 13.9. The van der Waals surface area contributed by atoms with E-state index in [1.165, 1.54) is 38.5 Å². The van der Waals surface area contributed by atoms with Crippen LogP contribution in [-0.4, -0.2) is 47.9 Å². The van der Waals surface area contributed by atoms with Crippen molar-refractivity contribution in [3.63, 3.8) is 0 Å². The molecule has 4 rings (SSSR count). The van der Waals surface area contributed by atoms with Gasteiger partial charge in [-0.1, -0.05) is 19.3 Å². The van der Waals surface area contributed by atoms with Crippen LogP contribution in [0, 0.1) is 5.41 Å². The zero-order chi connectivity index (χ0) is 15.7. The van der Waals surface area contributed by atoms with E-state index < -0.39 is 0 Å². The highest BCUT2D eigenvalue weighted by Crippen LogP contribution is 2.38. The first-order chi connectivity index (χ1) is 11.3. The summed E-state index contributed by atoms with van der Waals surface area (Å²) in [6.07, 6.45) is 10.7. The average Bonchev–Trinajstić information content (AvgIpc) is 3.20. The van der Waals surface area contributed by atoms with Gasteiger partial charge in [0.1, 0.15) is 6.26 Å². The van der Waals surface area contributed by atoms with Gasteiger partial charge in [0, 0.05) is 12.5 Å². The molecule has 23 heavy (non-hydrogen) atoms. The molecule has 1 unspecified atom stereocenters. The Morgan fingerprint density at radius 1 is 1.17 bits per heavy atom. The molecule has 128 valence electrons. The van der Waals surface area contributed by atoms with Gasteiger partial charge in [-0.15, -0.1) is 0 Å². The predicted octanol–water partition coefficient (Wildman–Crippen LogP) is 2.87. The Hall–Kier alpha value is -0.910. The molecule has 5 nitrogen and oxygen atoms in total. The third-order valence-electron chi connectivity index (χ3n) is 5.90. The molecule has 0 spiro atoms. The number of aliphatic hydroxyl groups excluding tert-OH is 1. The molecule has 0 aromatic carbocycles. The number of aromatic nitrogens is 1. The lowest BCUT2D eigenvalue weighted by atomic mass is 9.86. The SMILES string of the molecule is OCC1(CN2CCCC2c2nc(C3CCCCC3)co2)COC1. The number of aliphatic hydroxyl groups is 1. The van der Waals surface area contributed by atoms with Crippen molar-refractivity contribution in [2.24, 2.45) is 5.41 Å². The number of nitrogens with zero attached hydrogens (tertiary/aromatic N) is 2. The van der Waals surface area contributed by atoms with E-state index in [0.29, 0.717) is 19.1 Å². The summed E-state index contributed by atoms with van der Waals surface area (Å²) in [5, 5.41) is 9.68. The standard InChI is InChI=1S/C18H28N2O3/c21-11-18(12-22-13-18)10-20-8-4-7-16(20)17-19-15(9-23-17)14-5-2-1-3-6-14/h9,14,16,21H,1-8,10-13H2. The molecule has 2 aliphatic heterocycles. The van der Waals surface area contributed by atoms with Gasteiger partial charge < -0.3 is 14.3 Å². The fourth-order valence-corrected chi connectivity index (χ4v) is 4.39. The second kappa shape index (κ2) is 6.54. The van der Waals surface area contributed by atoms with Gasteiger partial charge in [-0.2, -0.15) is 0 Å². The highest BCUT2D eigenvalue weighted by Gasteiger charge is 2.43. The molecule has 1 atom stereocenters. The summed E-state index contributed by atoms with van der Waals surface area (Å²) in [5.41, 5.74) is 1.09. The van der Waals surface area contributed by atoms with E-state index >= 15 is 0 Å². The Kier molecular flexibility index (Phi) is 4.43. The quantitative estimate of drug-likeness (QED) is 0.904. The summed E-state index contributed by atoms with van der Waals surface area (Å²) >= 11 is 0. The molecule has 1 saturated carbocycles. The largest absolute Gasteiger partial charge is 0.447 e. The van der Waals surface area contributed by atoms with Crippen LogP contribution in [0.15, 0.2) is 10.7 Å². The van der Waals surface area contributed by atoms with Crippen LogP contribution in [0.25, 0.3) is 0 Å². The van der Waals surface area contributed by atoms with Crippen molar-refractivity contribution in [2.75, 3.05) is 32.9 Å². The summed E-state index contributed by atoms with van der Waals surface area (Å²) in [6, 6.07) is 0.274. The maximum atomic E-state index is 9.68. The molecule has 5 heteroatoms. The first kappa shape index (κ1) is 15.6. The maximum absolute atomic E-state index is 9.68. The molecule has 3 aliphatic rings. The van der Waals surface area contributed by atoms with Crippen molar-refractivity contribution in [1.82, 2.24) is 9.88 Å². The molecule has 1 aromatic rings. The Bertz CT molecular complexity index is 515. The van der Waals surface area contributed by atoms with Crippen LogP contribution >= 0.6 is 0 Å². The van der Waals surface area contributed by atoms with Gasteiger partial charge in [0.05, 0.1) is 37.0 Å². The molecule has 1 aliphatic carbocycles. The number of rotatable bonds is 5. The second-order valence-corrected chi connectivity index (χ2v) is 7.72. The van der Waals surface area contributed by atoms with Crippen LogP contribution in [0.2, 0.25) is 0 Å². The molecule has 0 bridgehead atoms. The van der Waals surface area contributed by atoms with E-state index in [2.05, 4.69) is 4.90 Å². The molecular weight excluding hydrogens is 292 g/mol. The minimum absolute atomic E-state index is 0.0681. The number of hydrogen-bond acceptors (Lipinski definition) is 5. The molecule has 3 heterocycles. The molecule has 2 saturated heterocycles. The van der Waals surface area contributed by atoms with Crippen LogP contribution in [0.5, 0.6) is 0 Å². The van der Waals surface area contributed by atoms with Gasteiger partial charge in [-0.3, -0.25) is 4.90 Å². The van der Waals surface area contributed by atoms with E-state index in [4.69, 9.17) is 14.1 Å². The van der Waals surface area contributed by atoms with Crippen LogP contribution in [0.3, 0.4) is 0 Å². The third-order valence-corrected chi connectivity index (χ3v) is 5.90. The average molecular weight is 320 g/mol. The van der Waals surface area contributed by atoms with Crippen molar-refractivity contribution in [3.8, 4) is 0 Å². The number of oxazole rings is 1. The van der Waals surface area contributed by atoms with Gasteiger partial charge in [-0.05, 0) is 32.2 Å². The van der Waals surface area contributed by atoms with Crippen molar-refractivity contribution in [3.05, 3.63) is 17.8 Å². The monoisotopic (exact) mass is 320 g/mol.